The van der Waals surface area contributed by atoms with Crippen molar-refractivity contribution in [2.75, 3.05) is 0 Å². The Morgan fingerprint density at radius 2 is 2.31 bits per heavy atom. The molecule has 1 heterocycles. The molecular formula is C11H11ClN2O2. The first kappa shape index (κ1) is 11.0. The molecule has 0 spiro atoms. The number of carbonyl (C=O) groups is 1. The van der Waals surface area contributed by atoms with Crippen LogP contribution in [0.4, 0.5) is 0 Å². The van der Waals surface area contributed by atoms with Gasteiger partial charge in [-0.1, -0.05) is 23.7 Å². The Morgan fingerprint density at radius 1 is 1.56 bits per heavy atom. The maximum atomic E-state index is 10.5. The van der Waals surface area contributed by atoms with Crippen molar-refractivity contribution >= 4 is 28.5 Å². The van der Waals surface area contributed by atoms with Gasteiger partial charge in [-0.25, -0.2) is 0 Å². The van der Waals surface area contributed by atoms with Gasteiger partial charge in [0, 0.05) is 5.39 Å². The summed E-state index contributed by atoms with van der Waals surface area (Å²) < 4.78 is 1.65. The van der Waals surface area contributed by atoms with Crippen molar-refractivity contribution in [2.45, 2.75) is 19.9 Å². The van der Waals surface area contributed by atoms with Gasteiger partial charge in [0.2, 0.25) is 0 Å². The number of halogens is 1. The molecule has 1 N–H and O–H groups in total. The highest BCUT2D eigenvalue weighted by Crippen LogP contribution is 2.25. The summed E-state index contributed by atoms with van der Waals surface area (Å²) in [5, 5.41) is 14.5. The number of carboxylic acids is 1. The fourth-order valence-electron chi connectivity index (χ4n) is 1.72. The number of benzene rings is 1. The summed E-state index contributed by atoms with van der Waals surface area (Å²) >= 11 is 6.08. The molecule has 84 valence electrons. The molecule has 0 aliphatic rings. The molecule has 2 rings (SSSR count). The van der Waals surface area contributed by atoms with Crippen molar-refractivity contribution < 1.29 is 9.90 Å². The number of aromatic nitrogens is 2. The van der Waals surface area contributed by atoms with Crippen molar-refractivity contribution in [3.8, 4) is 0 Å². The zero-order chi connectivity index (χ0) is 11.7. The molecule has 1 aromatic carbocycles. The molecule has 4 nitrogen and oxygen atoms in total. The zero-order valence-electron chi connectivity index (χ0n) is 8.77. The van der Waals surface area contributed by atoms with E-state index >= 15 is 0 Å². The third-order valence-electron chi connectivity index (χ3n) is 2.44. The largest absolute Gasteiger partial charge is 0.481 e. The second kappa shape index (κ2) is 4.14. The molecule has 16 heavy (non-hydrogen) atoms. The molecule has 0 saturated heterocycles. The number of fused-ring (bicyclic) bond motifs is 1. The second-order valence-electron chi connectivity index (χ2n) is 3.59. The van der Waals surface area contributed by atoms with Crippen LogP contribution in [0.2, 0.25) is 5.02 Å². The molecule has 0 bridgehead atoms. The summed E-state index contributed by atoms with van der Waals surface area (Å²) in [5.74, 6) is -0.839. The van der Waals surface area contributed by atoms with E-state index in [1.165, 1.54) is 0 Å². The number of nitrogens with zero attached hydrogens (tertiary/aromatic N) is 2. The third kappa shape index (κ3) is 1.88. The normalized spacial score (nSPS) is 10.9. The van der Waals surface area contributed by atoms with Crippen molar-refractivity contribution in [2.24, 2.45) is 0 Å². The zero-order valence-corrected chi connectivity index (χ0v) is 9.53. The first-order valence-corrected chi connectivity index (χ1v) is 5.31. The summed E-state index contributed by atoms with van der Waals surface area (Å²) in [6, 6.07) is 5.57. The Hall–Kier alpha value is -1.55. The van der Waals surface area contributed by atoms with Gasteiger partial charge < -0.3 is 5.11 Å². The first-order valence-electron chi connectivity index (χ1n) is 4.93. The van der Waals surface area contributed by atoms with Crippen LogP contribution in [0.3, 0.4) is 0 Å². The van der Waals surface area contributed by atoms with Crippen LogP contribution < -0.4 is 0 Å². The standard InChI is InChI=1S/C11H11ClN2O2/c1-7-8-3-2-4-9(12)11(8)14(13-7)6-5-10(15)16/h2-4H,5-6H2,1H3,(H,15,16). The number of hydrogen-bond donors (Lipinski definition) is 1. The molecule has 1 aromatic heterocycles. The summed E-state index contributed by atoms with van der Waals surface area (Å²) in [5.41, 5.74) is 1.67. The topological polar surface area (TPSA) is 55.1 Å². The van der Waals surface area contributed by atoms with E-state index in [4.69, 9.17) is 16.7 Å². The Kier molecular flexibility index (Phi) is 2.83. The molecule has 5 heteroatoms. The molecule has 0 aliphatic heterocycles. The number of para-hydroxylation sites is 1. The molecule has 0 atom stereocenters. The Balaban J connectivity index is 2.49. The molecule has 0 aliphatic carbocycles. The molecule has 0 saturated carbocycles. The lowest BCUT2D eigenvalue weighted by molar-refractivity contribution is -0.137. The summed E-state index contributed by atoms with van der Waals surface area (Å²) in [6.07, 6.45) is 0.0431. The third-order valence-corrected chi connectivity index (χ3v) is 2.75. The van der Waals surface area contributed by atoms with Crippen LogP contribution in [0.25, 0.3) is 10.9 Å². The number of aliphatic carboxylic acids is 1. The van der Waals surface area contributed by atoms with Crippen LogP contribution in [0.5, 0.6) is 0 Å². The van der Waals surface area contributed by atoms with E-state index in [0.29, 0.717) is 11.6 Å². The minimum Gasteiger partial charge on any atom is -0.481 e. The van der Waals surface area contributed by atoms with Gasteiger partial charge in [0.15, 0.2) is 0 Å². The number of carboxylic acid groups (broad SMARTS) is 1. The van der Waals surface area contributed by atoms with Gasteiger partial charge in [-0.3, -0.25) is 9.48 Å². The van der Waals surface area contributed by atoms with Crippen molar-refractivity contribution in [3.05, 3.63) is 28.9 Å². The fraction of sp³-hybridized carbons (Fsp3) is 0.273. The fourth-order valence-corrected chi connectivity index (χ4v) is 1.99. The van der Waals surface area contributed by atoms with Gasteiger partial charge in [0.1, 0.15) is 0 Å². The van der Waals surface area contributed by atoms with E-state index < -0.39 is 5.97 Å². The highest BCUT2D eigenvalue weighted by Gasteiger charge is 2.10. The van der Waals surface area contributed by atoms with Crippen LogP contribution in [0.15, 0.2) is 18.2 Å². The predicted molar refractivity (Wildman–Crippen MR) is 61.7 cm³/mol. The Labute approximate surface area is 97.4 Å². The minimum absolute atomic E-state index is 0.0431. The lowest BCUT2D eigenvalue weighted by Crippen LogP contribution is -2.06. The van der Waals surface area contributed by atoms with Gasteiger partial charge in [-0.15, -0.1) is 0 Å². The van der Waals surface area contributed by atoms with E-state index in [2.05, 4.69) is 5.10 Å². The minimum atomic E-state index is -0.839. The summed E-state index contributed by atoms with van der Waals surface area (Å²) in [4.78, 5) is 10.5. The first-order chi connectivity index (χ1) is 7.59. The van der Waals surface area contributed by atoms with Crippen LogP contribution in [0, 0.1) is 6.92 Å². The Bertz CT molecular complexity index is 548. The highest BCUT2D eigenvalue weighted by molar-refractivity contribution is 6.35. The Morgan fingerprint density at radius 3 is 3.00 bits per heavy atom. The molecule has 2 aromatic rings. The van der Waals surface area contributed by atoms with E-state index in [9.17, 15) is 4.79 Å². The van der Waals surface area contributed by atoms with Crippen molar-refractivity contribution in [1.29, 1.82) is 0 Å². The van der Waals surface area contributed by atoms with E-state index in [0.717, 1.165) is 16.6 Å². The number of rotatable bonds is 3. The molecular weight excluding hydrogens is 228 g/mol. The van der Waals surface area contributed by atoms with Gasteiger partial charge >= 0.3 is 5.97 Å². The van der Waals surface area contributed by atoms with E-state index in [1.807, 2.05) is 19.1 Å². The molecule has 0 amide bonds. The van der Waals surface area contributed by atoms with E-state index in [-0.39, 0.29) is 6.42 Å². The van der Waals surface area contributed by atoms with Gasteiger partial charge in [-0.2, -0.15) is 5.10 Å². The predicted octanol–water partition coefficient (Wildman–Crippen LogP) is 2.47. The average molecular weight is 239 g/mol. The van der Waals surface area contributed by atoms with Crippen LogP contribution in [-0.2, 0) is 11.3 Å². The monoisotopic (exact) mass is 238 g/mol. The summed E-state index contributed by atoms with van der Waals surface area (Å²) in [6.45, 7) is 2.22. The quantitative estimate of drug-likeness (QED) is 0.894. The van der Waals surface area contributed by atoms with Crippen molar-refractivity contribution in [3.63, 3.8) is 0 Å². The lowest BCUT2D eigenvalue weighted by Gasteiger charge is -2.02. The average Bonchev–Trinajstić information content (AvgIpc) is 2.55. The summed E-state index contributed by atoms with van der Waals surface area (Å²) in [7, 11) is 0. The van der Waals surface area contributed by atoms with Gasteiger partial charge in [0.05, 0.1) is 29.2 Å². The van der Waals surface area contributed by atoms with Crippen LogP contribution >= 0.6 is 11.6 Å². The van der Waals surface area contributed by atoms with Crippen molar-refractivity contribution in [1.82, 2.24) is 9.78 Å². The number of hydrogen-bond acceptors (Lipinski definition) is 2. The SMILES string of the molecule is Cc1nn(CCC(=O)O)c2c(Cl)cccc12. The van der Waals surface area contributed by atoms with E-state index in [1.54, 1.807) is 10.7 Å². The lowest BCUT2D eigenvalue weighted by atomic mass is 10.2. The van der Waals surface area contributed by atoms with Gasteiger partial charge in [-0.05, 0) is 13.0 Å². The van der Waals surface area contributed by atoms with Gasteiger partial charge in [0.25, 0.3) is 0 Å². The number of aryl methyl sites for hydroxylation is 2. The molecule has 0 radical (unpaired) electrons. The second-order valence-corrected chi connectivity index (χ2v) is 4.00. The highest BCUT2D eigenvalue weighted by atomic mass is 35.5. The molecule has 0 fully saturated rings. The smallest absolute Gasteiger partial charge is 0.305 e. The molecule has 0 unspecified atom stereocenters. The van der Waals surface area contributed by atoms with Crippen LogP contribution in [-0.4, -0.2) is 20.9 Å². The van der Waals surface area contributed by atoms with Crippen LogP contribution in [0.1, 0.15) is 12.1 Å². The maximum absolute atomic E-state index is 10.5. The maximum Gasteiger partial charge on any atom is 0.305 e.